The summed E-state index contributed by atoms with van der Waals surface area (Å²) in [5.41, 5.74) is 1.35. The fraction of sp³-hybridized carbons (Fsp3) is 0.545. The van der Waals surface area contributed by atoms with Gasteiger partial charge in [-0.1, -0.05) is 0 Å². The molecule has 1 fully saturated rings. The third-order valence-electron chi connectivity index (χ3n) is 3.53. The summed E-state index contributed by atoms with van der Waals surface area (Å²) < 4.78 is 3.70. The van der Waals surface area contributed by atoms with Gasteiger partial charge < -0.3 is 9.88 Å². The molecule has 94 valence electrons. The number of hydrogen-bond acceptors (Lipinski definition) is 2. The van der Waals surface area contributed by atoms with Crippen molar-refractivity contribution in [2.75, 3.05) is 13.1 Å². The Hall–Kier alpha value is 0.410. The quantitative estimate of drug-likeness (QED) is 0.640. The molecule has 0 spiro atoms. The average molecular weight is 431 g/mol. The number of aromatic nitrogens is 1. The van der Waals surface area contributed by atoms with Crippen molar-refractivity contribution in [3.63, 3.8) is 0 Å². The molecule has 1 unspecified atom stereocenters. The van der Waals surface area contributed by atoms with E-state index in [4.69, 9.17) is 0 Å². The van der Waals surface area contributed by atoms with Crippen LogP contribution in [0.15, 0.2) is 15.3 Å². The molecule has 0 saturated carbocycles. The van der Waals surface area contributed by atoms with Gasteiger partial charge in [0.05, 0.1) is 4.47 Å². The number of rotatable bonds is 0. The van der Waals surface area contributed by atoms with Crippen molar-refractivity contribution in [1.82, 2.24) is 9.88 Å². The molecule has 1 aromatic heterocycles. The summed E-state index contributed by atoms with van der Waals surface area (Å²) in [5, 5.41) is 3.45. The van der Waals surface area contributed by atoms with E-state index in [9.17, 15) is 4.79 Å². The minimum atomic E-state index is 0. The summed E-state index contributed by atoms with van der Waals surface area (Å²) >= 11 is 5.61. The van der Waals surface area contributed by atoms with E-state index in [2.05, 4.69) is 49.9 Å². The Bertz CT molecular complexity index is 505. The maximum atomic E-state index is 12.2. The van der Waals surface area contributed by atoms with Crippen LogP contribution in [0.5, 0.6) is 0 Å². The Balaban J connectivity index is 0.00000108. The molecular formula is C11H13BrClIN2O. The lowest BCUT2D eigenvalue weighted by molar-refractivity contribution is 0.256. The molecule has 0 radical (unpaired) electrons. The molecule has 1 aromatic rings. The summed E-state index contributed by atoms with van der Waals surface area (Å²) in [7, 11) is 0. The van der Waals surface area contributed by atoms with Crippen molar-refractivity contribution in [1.29, 1.82) is 0 Å². The predicted octanol–water partition coefficient (Wildman–Crippen LogP) is 2.34. The maximum Gasteiger partial charge on any atom is 0.266 e. The molecule has 2 bridgehead atoms. The summed E-state index contributed by atoms with van der Waals surface area (Å²) in [6, 6.07) is 2.15. The molecular weight excluding hydrogens is 418 g/mol. The molecule has 3 rings (SSSR count). The van der Waals surface area contributed by atoms with Gasteiger partial charge in [0, 0.05) is 28.3 Å². The molecule has 2 aliphatic rings. The minimum Gasteiger partial charge on any atom is -0.316 e. The van der Waals surface area contributed by atoms with Crippen LogP contribution >= 0.6 is 50.9 Å². The van der Waals surface area contributed by atoms with Crippen LogP contribution in [0.1, 0.15) is 18.0 Å². The van der Waals surface area contributed by atoms with Gasteiger partial charge >= 0.3 is 0 Å². The van der Waals surface area contributed by atoms with Gasteiger partial charge in [0.15, 0.2) is 0 Å². The minimum absolute atomic E-state index is 0. The lowest BCUT2D eigenvalue weighted by Crippen LogP contribution is -2.45. The molecule has 2 aliphatic heterocycles. The monoisotopic (exact) mass is 430 g/mol. The van der Waals surface area contributed by atoms with E-state index in [1.165, 1.54) is 12.1 Å². The number of piperidine rings is 1. The third-order valence-corrected chi connectivity index (χ3v) is 5.89. The number of nitrogens with one attached hydrogen (secondary N) is 1. The number of nitrogens with zero attached hydrogens (tertiary/aromatic N) is 1. The Kier molecular flexibility index (Phi) is 4.22. The average Bonchev–Trinajstić information content (AvgIpc) is 2.29. The van der Waals surface area contributed by atoms with E-state index < -0.39 is 0 Å². The van der Waals surface area contributed by atoms with E-state index in [0.717, 1.165) is 23.2 Å². The molecule has 0 aromatic carbocycles. The first-order valence-corrected chi connectivity index (χ1v) is 7.33. The van der Waals surface area contributed by atoms with Crippen LogP contribution in [0.4, 0.5) is 0 Å². The molecule has 1 N–H and O–H groups in total. The van der Waals surface area contributed by atoms with Crippen LogP contribution in [0.25, 0.3) is 0 Å². The molecule has 1 saturated heterocycles. The van der Waals surface area contributed by atoms with Crippen molar-refractivity contribution in [3.8, 4) is 0 Å². The lowest BCUT2D eigenvalue weighted by Gasteiger charge is -2.37. The topological polar surface area (TPSA) is 34.0 Å². The normalized spacial score (nSPS) is 26.0. The van der Waals surface area contributed by atoms with Gasteiger partial charge in [0.1, 0.15) is 0 Å². The molecule has 3 nitrogen and oxygen atoms in total. The molecule has 2 atom stereocenters. The zero-order chi connectivity index (χ0) is 11.3. The Labute approximate surface area is 128 Å². The van der Waals surface area contributed by atoms with Gasteiger partial charge in [-0.3, -0.25) is 4.79 Å². The van der Waals surface area contributed by atoms with Gasteiger partial charge in [-0.05, 0) is 63.5 Å². The summed E-state index contributed by atoms with van der Waals surface area (Å²) in [5.74, 6) is 1.14. The Morgan fingerprint density at radius 3 is 3.00 bits per heavy atom. The second-order valence-electron chi connectivity index (χ2n) is 4.60. The van der Waals surface area contributed by atoms with Crippen molar-refractivity contribution in [2.24, 2.45) is 5.92 Å². The third kappa shape index (κ3) is 2.31. The van der Waals surface area contributed by atoms with Gasteiger partial charge in [-0.2, -0.15) is 0 Å². The van der Waals surface area contributed by atoms with E-state index in [-0.39, 0.29) is 18.0 Å². The molecule has 3 heterocycles. The van der Waals surface area contributed by atoms with Crippen LogP contribution in [-0.2, 0) is 6.54 Å². The molecule has 0 aliphatic carbocycles. The maximum absolute atomic E-state index is 12.2. The van der Waals surface area contributed by atoms with Crippen LogP contribution in [-0.4, -0.2) is 17.7 Å². The zero-order valence-corrected chi connectivity index (χ0v) is 13.6. The highest BCUT2D eigenvalue weighted by Gasteiger charge is 2.31. The highest BCUT2D eigenvalue weighted by atomic mass is 127. The van der Waals surface area contributed by atoms with Gasteiger partial charge in [0.2, 0.25) is 0 Å². The van der Waals surface area contributed by atoms with Crippen LogP contribution in [0.3, 0.4) is 0 Å². The lowest BCUT2D eigenvalue weighted by atomic mass is 9.84. The van der Waals surface area contributed by atoms with Crippen molar-refractivity contribution in [2.45, 2.75) is 18.9 Å². The van der Waals surface area contributed by atoms with Crippen LogP contribution < -0.4 is 10.9 Å². The van der Waals surface area contributed by atoms with E-state index >= 15 is 0 Å². The number of fused-ring (bicyclic) bond motifs is 4. The molecule has 6 heteroatoms. The van der Waals surface area contributed by atoms with Gasteiger partial charge in [-0.15, -0.1) is 12.4 Å². The van der Waals surface area contributed by atoms with E-state index in [0.29, 0.717) is 16.3 Å². The summed E-state index contributed by atoms with van der Waals surface area (Å²) in [4.78, 5) is 12.2. The Morgan fingerprint density at radius 2 is 2.24 bits per heavy atom. The molecule has 17 heavy (non-hydrogen) atoms. The fourth-order valence-corrected chi connectivity index (χ4v) is 3.67. The van der Waals surface area contributed by atoms with Crippen molar-refractivity contribution in [3.05, 3.63) is 30.2 Å². The standard InChI is InChI=1S/C11H12BrIN2O.ClH/c12-10-8(13)2-9-7-1-6(3-14-4-7)5-15(9)11(10)16;/h2,6-7,14H,1,3-5H2;1H/t6?,7-;/m0./s1. The largest absolute Gasteiger partial charge is 0.316 e. The number of pyridine rings is 1. The SMILES string of the molecule is Cl.O=c1c(Br)c(I)cc2n1CC1CNC[C@@H]2C1. The fourth-order valence-electron chi connectivity index (χ4n) is 2.79. The second kappa shape index (κ2) is 5.19. The first kappa shape index (κ1) is 13.8. The zero-order valence-electron chi connectivity index (χ0n) is 9.08. The van der Waals surface area contributed by atoms with Crippen LogP contribution in [0.2, 0.25) is 0 Å². The summed E-state index contributed by atoms with van der Waals surface area (Å²) in [6.45, 7) is 2.92. The summed E-state index contributed by atoms with van der Waals surface area (Å²) in [6.07, 6.45) is 1.23. The second-order valence-corrected chi connectivity index (χ2v) is 6.56. The van der Waals surface area contributed by atoms with E-state index in [1.807, 2.05) is 4.57 Å². The van der Waals surface area contributed by atoms with Crippen LogP contribution in [0, 0.1) is 9.49 Å². The molecule has 0 amide bonds. The number of hydrogen-bond donors (Lipinski definition) is 1. The Morgan fingerprint density at radius 1 is 1.47 bits per heavy atom. The van der Waals surface area contributed by atoms with Crippen molar-refractivity contribution >= 4 is 50.9 Å². The predicted molar refractivity (Wildman–Crippen MR) is 82.1 cm³/mol. The first-order valence-electron chi connectivity index (χ1n) is 5.46. The van der Waals surface area contributed by atoms with E-state index in [1.54, 1.807) is 0 Å². The van der Waals surface area contributed by atoms with Gasteiger partial charge in [0.25, 0.3) is 5.56 Å². The number of halogens is 3. The highest BCUT2D eigenvalue weighted by molar-refractivity contribution is 14.1. The highest BCUT2D eigenvalue weighted by Crippen LogP contribution is 2.33. The van der Waals surface area contributed by atoms with Crippen molar-refractivity contribution < 1.29 is 0 Å². The first-order chi connectivity index (χ1) is 7.66. The van der Waals surface area contributed by atoms with Gasteiger partial charge in [-0.25, -0.2) is 0 Å². The smallest absolute Gasteiger partial charge is 0.266 e.